The van der Waals surface area contributed by atoms with E-state index in [0.717, 1.165) is 29.5 Å². The minimum Gasteiger partial charge on any atom is -0.461 e. The highest BCUT2D eigenvalue weighted by atomic mass is 35.5. The van der Waals surface area contributed by atoms with Gasteiger partial charge >= 0.3 is 11.9 Å². The maximum absolute atomic E-state index is 12.3. The van der Waals surface area contributed by atoms with Crippen molar-refractivity contribution in [3.8, 4) is 16.9 Å². The second-order valence-electron chi connectivity index (χ2n) is 7.56. The highest BCUT2D eigenvalue weighted by Crippen LogP contribution is 2.23. The molecule has 4 nitrogen and oxygen atoms in total. The molecule has 3 rings (SSSR count). The lowest BCUT2D eigenvalue weighted by Gasteiger charge is -2.11. The molecule has 166 valence electrons. The van der Waals surface area contributed by atoms with Crippen molar-refractivity contribution in [1.82, 2.24) is 0 Å². The summed E-state index contributed by atoms with van der Waals surface area (Å²) in [5.74, 6) is -0.0868. The molecule has 32 heavy (non-hydrogen) atoms. The summed E-state index contributed by atoms with van der Waals surface area (Å²) in [4.78, 5) is 24.1. The third kappa shape index (κ3) is 7.24. The van der Waals surface area contributed by atoms with Crippen molar-refractivity contribution in [2.24, 2.45) is 0 Å². The van der Waals surface area contributed by atoms with Crippen molar-refractivity contribution < 1.29 is 19.1 Å². The zero-order valence-corrected chi connectivity index (χ0v) is 18.9. The van der Waals surface area contributed by atoms with E-state index in [1.165, 1.54) is 0 Å². The van der Waals surface area contributed by atoms with Crippen molar-refractivity contribution >= 4 is 23.5 Å². The van der Waals surface area contributed by atoms with Gasteiger partial charge in [-0.25, -0.2) is 4.79 Å². The predicted molar refractivity (Wildman–Crippen MR) is 127 cm³/mol. The number of benzene rings is 3. The van der Waals surface area contributed by atoms with E-state index in [-0.39, 0.29) is 18.0 Å². The van der Waals surface area contributed by atoms with Gasteiger partial charge in [0.1, 0.15) is 12.4 Å². The molecule has 5 heteroatoms. The fraction of sp³-hybridized carbons (Fsp3) is 0.259. The van der Waals surface area contributed by atoms with E-state index in [1.54, 1.807) is 24.3 Å². The lowest BCUT2D eigenvalue weighted by molar-refractivity contribution is -0.134. The van der Waals surface area contributed by atoms with Gasteiger partial charge in [0.2, 0.25) is 0 Å². The number of hydrogen-bond acceptors (Lipinski definition) is 4. The van der Waals surface area contributed by atoms with Gasteiger partial charge < -0.3 is 9.47 Å². The number of unbranched alkanes of at least 4 members (excludes halogenated alkanes) is 1. The summed E-state index contributed by atoms with van der Waals surface area (Å²) >= 11 is 6.31. The number of hydrogen-bond donors (Lipinski definition) is 0. The van der Waals surface area contributed by atoms with Crippen molar-refractivity contribution in [2.75, 3.05) is 6.61 Å². The molecule has 0 bridgehead atoms. The van der Waals surface area contributed by atoms with Crippen LogP contribution in [0, 0.1) is 0 Å². The molecule has 3 aromatic carbocycles. The average molecular weight is 451 g/mol. The normalized spacial score (nSPS) is 11.6. The predicted octanol–water partition coefficient (Wildman–Crippen LogP) is 6.46. The number of alkyl halides is 1. The maximum Gasteiger partial charge on any atom is 0.338 e. The van der Waals surface area contributed by atoms with Crippen LogP contribution in [0.2, 0.25) is 0 Å². The molecule has 0 fully saturated rings. The van der Waals surface area contributed by atoms with Gasteiger partial charge in [-0.3, -0.25) is 4.79 Å². The first-order chi connectivity index (χ1) is 15.5. The van der Waals surface area contributed by atoms with Gasteiger partial charge in [-0.05, 0) is 53.8 Å². The van der Waals surface area contributed by atoms with Crippen LogP contribution in [0.4, 0.5) is 0 Å². The Kier molecular flexibility index (Phi) is 8.88. The maximum atomic E-state index is 12.3. The highest BCUT2D eigenvalue weighted by molar-refractivity contribution is 6.20. The van der Waals surface area contributed by atoms with Gasteiger partial charge in [0.15, 0.2) is 0 Å². The van der Waals surface area contributed by atoms with Gasteiger partial charge in [0, 0.05) is 6.42 Å². The number of carbonyl (C=O) groups excluding carboxylic acids is 2. The summed E-state index contributed by atoms with van der Waals surface area (Å²) in [7, 11) is 0. The number of carbonyl (C=O) groups is 2. The minimum atomic E-state index is -0.399. The first-order valence-electron chi connectivity index (χ1n) is 10.8. The van der Waals surface area contributed by atoms with E-state index in [1.807, 2.05) is 61.5 Å². The number of rotatable bonds is 10. The van der Waals surface area contributed by atoms with Gasteiger partial charge in [-0.2, -0.15) is 0 Å². The van der Waals surface area contributed by atoms with E-state index in [2.05, 4.69) is 0 Å². The number of halogens is 1. The Balaban J connectivity index is 1.51. The quantitative estimate of drug-likeness (QED) is 0.202. The molecule has 0 heterocycles. The monoisotopic (exact) mass is 450 g/mol. The van der Waals surface area contributed by atoms with Crippen molar-refractivity contribution in [3.63, 3.8) is 0 Å². The van der Waals surface area contributed by atoms with Gasteiger partial charge in [-0.1, -0.05) is 67.9 Å². The SMILES string of the molecule is CCCCC(=O)Oc1ccc(-c2ccc(C(=O)OCC(Cl)Cc3ccccc3)cc2)cc1. The molecule has 0 saturated heterocycles. The second kappa shape index (κ2) is 12.1. The zero-order valence-electron chi connectivity index (χ0n) is 18.1. The summed E-state index contributed by atoms with van der Waals surface area (Å²) in [6.45, 7) is 2.18. The Morgan fingerprint density at radius 1 is 0.875 bits per heavy atom. The van der Waals surface area contributed by atoms with Gasteiger partial charge in [-0.15, -0.1) is 11.6 Å². The Bertz CT molecular complexity index is 998. The molecule has 0 spiro atoms. The molecular weight excluding hydrogens is 424 g/mol. The third-order valence-corrected chi connectivity index (χ3v) is 5.25. The highest BCUT2D eigenvalue weighted by Gasteiger charge is 2.12. The summed E-state index contributed by atoms with van der Waals surface area (Å²) in [6, 6.07) is 24.4. The molecule has 3 aromatic rings. The largest absolute Gasteiger partial charge is 0.461 e. The minimum absolute atomic E-state index is 0.148. The summed E-state index contributed by atoms with van der Waals surface area (Å²) < 4.78 is 10.7. The molecule has 0 amide bonds. The van der Waals surface area contributed by atoms with Crippen molar-refractivity contribution in [2.45, 2.75) is 38.0 Å². The topological polar surface area (TPSA) is 52.6 Å². The summed E-state index contributed by atoms with van der Waals surface area (Å²) in [6.07, 6.45) is 2.84. The molecule has 0 aliphatic heterocycles. The molecule has 0 aliphatic carbocycles. The van der Waals surface area contributed by atoms with Crippen LogP contribution in [-0.4, -0.2) is 23.9 Å². The van der Waals surface area contributed by atoms with E-state index in [4.69, 9.17) is 21.1 Å². The van der Waals surface area contributed by atoms with Crippen LogP contribution in [0.15, 0.2) is 78.9 Å². The molecule has 0 aliphatic rings. The number of ether oxygens (including phenoxy) is 2. The summed E-state index contributed by atoms with van der Waals surface area (Å²) in [5, 5.41) is -0.282. The molecule has 0 radical (unpaired) electrons. The molecule has 1 unspecified atom stereocenters. The fourth-order valence-corrected chi connectivity index (χ4v) is 3.44. The zero-order chi connectivity index (χ0) is 22.8. The Hall–Kier alpha value is -3.11. The lowest BCUT2D eigenvalue weighted by atomic mass is 10.0. The fourth-order valence-electron chi connectivity index (χ4n) is 3.20. The van der Waals surface area contributed by atoms with Crippen LogP contribution in [0.1, 0.15) is 42.1 Å². The van der Waals surface area contributed by atoms with E-state index in [9.17, 15) is 9.59 Å². The lowest BCUT2D eigenvalue weighted by Crippen LogP contribution is -2.16. The van der Waals surface area contributed by atoms with Crippen molar-refractivity contribution in [1.29, 1.82) is 0 Å². The molecule has 0 saturated carbocycles. The van der Waals surface area contributed by atoms with Crippen LogP contribution < -0.4 is 4.74 Å². The standard InChI is InChI=1S/C27H27ClO4/c1-2-3-9-26(29)32-25-16-14-22(15-17-25)21-10-12-23(13-11-21)27(30)31-19-24(28)18-20-7-5-4-6-8-20/h4-8,10-17,24H,2-3,9,18-19H2,1H3. The first-order valence-corrected chi connectivity index (χ1v) is 11.2. The smallest absolute Gasteiger partial charge is 0.338 e. The molecule has 1 atom stereocenters. The number of esters is 2. The van der Waals surface area contributed by atoms with Crippen molar-refractivity contribution in [3.05, 3.63) is 90.0 Å². The van der Waals surface area contributed by atoms with E-state index >= 15 is 0 Å². The third-order valence-electron chi connectivity index (χ3n) is 4.97. The Morgan fingerprint density at radius 2 is 1.50 bits per heavy atom. The van der Waals surface area contributed by atoms with Crippen LogP contribution >= 0.6 is 11.6 Å². The molecular formula is C27H27ClO4. The Morgan fingerprint density at radius 3 is 2.12 bits per heavy atom. The van der Waals surface area contributed by atoms with Crippen LogP contribution in [0.5, 0.6) is 5.75 Å². The molecule has 0 N–H and O–H groups in total. The van der Waals surface area contributed by atoms with Crippen LogP contribution in [0.25, 0.3) is 11.1 Å². The van der Waals surface area contributed by atoms with Crippen LogP contribution in [0.3, 0.4) is 0 Å². The average Bonchev–Trinajstić information content (AvgIpc) is 2.82. The van der Waals surface area contributed by atoms with E-state index < -0.39 is 5.97 Å². The summed E-state index contributed by atoms with van der Waals surface area (Å²) in [5.41, 5.74) is 3.49. The van der Waals surface area contributed by atoms with E-state index in [0.29, 0.717) is 24.2 Å². The van der Waals surface area contributed by atoms with Gasteiger partial charge in [0.25, 0.3) is 0 Å². The van der Waals surface area contributed by atoms with Crippen LogP contribution in [-0.2, 0) is 16.0 Å². The Labute approximate surface area is 194 Å². The molecule has 0 aromatic heterocycles. The first kappa shape index (κ1) is 23.6. The second-order valence-corrected chi connectivity index (χ2v) is 8.18. The van der Waals surface area contributed by atoms with Gasteiger partial charge in [0.05, 0.1) is 10.9 Å².